The van der Waals surface area contributed by atoms with Gasteiger partial charge in [-0.3, -0.25) is 4.79 Å². The second-order valence-corrected chi connectivity index (χ2v) is 4.76. The highest BCUT2D eigenvalue weighted by Gasteiger charge is 2.27. The molecule has 3 aromatic rings. The van der Waals surface area contributed by atoms with Gasteiger partial charge in [-0.1, -0.05) is 30.3 Å². The molecule has 0 fully saturated rings. The Morgan fingerprint density at radius 3 is 2.75 bits per heavy atom. The van der Waals surface area contributed by atoms with Crippen molar-refractivity contribution in [1.82, 2.24) is 10.3 Å². The van der Waals surface area contributed by atoms with Gasteiger partial charge in [0.15, 0.2) is 0 Å². The van der Waals surface area contributed by atoms with Crippen molar-refractivity contribution >= 4 is 16.8 Å². The first-order chi connectivity index (χ1) is 9.83. The molecular formula is C16H12N2O2. The van der Waals surface area contributed by atoms with Crippen molar-refractivity contribution in [2.24, 2.45) is 0 Å². The molecule has 98 valence electrons. The minimum absolute atomic E-state index is 0.109. The Morgan fingerprint density at radius 2 is 1.80 bits per heavy atom. The van der Waals surface area contributed by atoms with Crippen LogP contribution < -0.4 is 10.1 Å². The third-order valence-corrected chi connectivity index (χ3v) is 3.54. The second kappa shape index (κ2) is 4.13. The van der Waals surface area contributed by atoms with E-state index in [1.807, 2.05) is 48.7 Å². The van der Waals surface area contributed by atoms with E-state index in [2.05, 4.69) is 10.3 Å². The van der Waals surface area contributed by atoms with Gasteiger partial charge in [0.2, 0.25) is 6.23 Å². The van der Waals surface area contributed by atoms with Gasteiger partial charge in [0.05, 0.1) is 5.56 Å². The quantitative estimate of drug-likeness (QED) is 0.710. The van der Waals surface area contributed by atoms with Gasteiger partial charge in [0.25, 0.3) is 5.91 Å². The van der Waals surface area contributed by atoms with Crippen molar-refractivity contribution in [2.45, 2.75) is 6.23 Å². The Balaban J connectivity index is 1.80. The first-order valence-electron chi connectivity index (χ1n) is 6.45. The molecule has 0 radical (unpaired) electrons. The first kappa shape index (κ1) is 11.1. The van der Waals surface area contributed by atoms with E-state index < -0.39 is 6.23 Å². The number of nitrogens with one attached hydrogen (secondary N) is 2. The molecule has 0 bridgehead atoms. The number of para-hydroxylation sites is 2. The number of fused-ring (bicyclic) bond motifs is 2. The van der Waals surface area contributed by atoms with Gasteiger partial charge in [-0.05, 0) is 18.2 Å². The zero-order chi connectivity index (χ0) is 13.5. The van der Waals surface area contributed by atoms with E-state index in [-0.39, 0.29) is 5.91 Å². The zero-order valence-corrected chi connectivity index (χ0v) is 10.6. The predicted octanol–water partition coefficient (Wildman–Crippen LogP) is 2.99. The fourth-order valence-electron chi connectivity index (χ4n) is 2.56. The van der Waals surface area contributed by atoms with Crippen molar-refractivity contribution in [1.29, 1.82) is 0 Å². The molecule has 1 aliphatic heterocycles. The first-order valence-corrected chi connectivity index (χ1v) is 6.45. The summed E-state index contributed by atoms with van der Waals surface area (Å²) in [5.74, 6) is 0.508. The van der Waals surface area contributed by atoms with E-state index in [9.17, 15) is 4.79 Å². The number of benzene rings is 2. The second-order valence-electron chi connectivity index (χ2n) is 4.76. The van der Waals surface area contributed by atoms with Crippen LogP contribution in [-0.2, 0) is 0 Å². The normalized spacial score (nSPS) is 17.4. The highest BCUT2D eigenvalue weighted by molar-refractivity contribution is 5.98. The lowest BCUT2D eigenvalue weighted by atomic mass is 10.1. The lowest BCUT2D eigenvalue weighted by Crippen LogP contribution is -2.36. The van der Waals surface area contributed by atoms with Crippen LogP contribution in [-0.4, -0.2) is 10.9 Å². The topological polar surface area (TPSA) is 54.1 Å². The molecule has 1 aliphatic rings. The smallest absolute Gasteiger partial charge is 0.258 e. The highest BCUT2D eigenvalue weighted by Crippen LogP contribution is 2.31. The predicted molar refractivity (Wildman–Crippen MR) is 75.6 cm³/mol. The molecule has 0 aliphatic carbocycles. The monoisotopic (exact) mass is 264 g/mol. The van der Waals surface area contributed by atoms with E-state index in [4.69, 9.17) is 4.74 Å². The average molecular weight is 264 g/mol. The average Bonchev–Trinajstić information content (AvgIpc) is 2.91. The Bertz CT molecular complexity index is 807. The molecule has 1 aromatic heterocycles. The van der Waals surface area contributed by atoms with Crippen LogP contribution in [0.25, 0.3) is 10.9 Å². The third kappa shape index (κ3) is 1.58. The van der Waals surface area contributed by atoms with Crippen molar-refractivity contribution < 1.29 is 9.53 Å². The summed E-state index contributed by atoms with van der Waals surface area (Å²) in [5.41, 5.74) is 2.53. The van der Waals surface area contributed by atoms with Crippen molar-refractivity contribution in [3.05, 3.63) is 65.9 Å². The van der Waals surface area contributed by atoms with Crippen LogP contribution in [0.3, 0.4) is 0 Å². The molecule has 0 saturated heterocycles. The van der Waals surface area contributed by atoms with Gasteiger partial charge in [-0.15, -0.1) is 0 Å². The summed E-state index contributed by atoms with van der Waals surface area (Å²) in [7, 11) is 0. The van der Waals surface area contributed by atoms with E-state index >= 15 is 0 Å². The van der Waals surface area contributed by atoms with Crippen LogP contribution in [0.4, 0.5) is 0 Å². The lowest BCUT2D eigenvalue weighted by Gasteiger charge is -2.26. The minimum atomic E-state index is -0.464. The number of hydrogen-bond donors (Lipinski definition) is 2. The lowest BCUT2D eigenvalue weighted by molar-refractivity contribution is 0.0759. The number of aromatic amines is 1. The molecule has 4 heteroatoms. The summed E-state index contributed by atoms with van der Waals surface area (Å²) >= 11 is 0. The van der Waals surface area contributed by atoms with E-state index in [0.717, 1.165) is 16.5 Å². The van der Waals surface area contributed by atoms with Crippen LogP contribution in [0.2, 0.25) is 0 Å². The maximum atomic E-state index is 12.1. The molecule has 4 rings (SSSR count). The number of carbonyl (C=O) groups is 1. The van der Waals surface area contributed by atoms with Gasteiger partial charge >= 0.3 is 0 Å². The summed E-state index contributed by atoms with van der Waals surface area (Å²) in [4.78, 5) is 15.3. The number of rotatable bonds is 1. The van der Waals surface area contributed by atoms with Gasteiger partial charge < -0.3 is 15.0 Å². The molecule has 2 aromatic carbocycles. The van der Waals surface area contributed by atoms with Crippen molar-refractivity contribution in [3.8, 4) is 5.75 Å². The van der Waals surface area contributed by atoms with E-state index in [1.54, 1.807) is 6.07 Å². The molecule has 0 spiro atoms. The maximum Gasteiger partial charge on any atom is 0.258 e. The van der Waals surface area contributed by atoms with Crippen molar-refractivity contribution in [3.63, 3.8) is 0 Å². The van der Waals surface area contributed by atoms with Gasteiger partial charge in [0, 0.05) is 22.7 Å². The number of aromatic nitrogens is 1. The molecule has 1 atom stereocenters. The van der Waals surface area contributed by atoms with Crippen LogP contribution in [0.5, 0.6) is 5.75 Å². The number of carbonyl (C=O) groups excluding carboxylic acids is 1. The third-order valence-electron chi connectivity index (χ3n) is 3.54. The summed E-state index contributed by atoms with van der Waals surface area (Å²) in [6.07, 6.45) is 1.41. The molecule has 2 heterocycles. The minimum Gasteiger partial charge on any atom is -0.465 e. The fourth-order valence-corrected chi connectivity index (χ4v) is 2.56. The van der Waals surface area contributed by atoms with Crippen LogP contribution in [0, 0.1) is 0 Å². The number of hydrogen-bond acceptors (Lipinski definition) is 2. The zero-order valence-electron chi connectivity index (χ0n) is 10.6. The van der Waals surface area contributed by atoms with Crippen LogP contribution >= 0.6 is 0 Å². The van der Waals surface area contributed by atoms with Gasteiger partial charge in [-0.25, -0.2) is 0 Å². The fraction of sp³-hybridized carbons (Fsp3) is 0.0625. The Labute approximate surface area is 115 Å². The van der Waals surface area contributed by atoms with Gasteiger partial charge in [-0.2, -0.15) is 0 Å². The number of H-pyrrole nitrogens is 1. The molecule has 20 heavy (non-hydrogen) atoms. The van der Waals surface area contributed by atoms with Crippen molar-refractivity contribution in [2.75, 3.05) is 0 Å². The standard InChI is InChI=1S/C16H12N2O2/c19-15-11-6-2-4-8-14(11)20-16(18-15)12-9-17-13-7-3-1-5-10(12)13/h1-9,16-17H,(H,18,19)/t16-/m0/s1. The summed E-state index contributed by atoms with van der Waals surface area (Å²) in [6, 6.07) is 15.2. The van der Waals surface area contributed by atoms with Gasteiger partial charge in [0.1, 0.15) is 5.75 Å². The molecule has 2 N–H and O–H groups in total. The molecule has 4 nitrogen and oxygen atoms in total. The summed E-state index contributed by atoms with van der Waals surface area (Å²) in [5, 5.41) is 3.94. The van der Waals surface area contributed by atoms with E-state index in [0.29, 0.717) is 11.3 Å². The van der Waals surface area contributed by atoms with Crippen LogP contribution in [0.1, 0.15) is 22.1 Å². The molecule has 1 amide bonds. The Morgan fingerprint density at radius 1 is 1.00 bits per heavy atom. The molecular weight excluding hydrogens is 252 g/mol. The largest absolute Gasteiger partial charge is 0.465 e. The molecule has 0 saturated carbocycles. The van der Waals surface area contributed by atoms with Crippen LogP contribution in [0.15, 0.2) is 54.7 Å². The Hall–Kier alpha value is -2.75. The SMILES string of the molecule is O=C1N[C@H](c2c[nH]c3ccccc23)Oc2ccccc21. The highest BCUT2D eigenvalue weighted by atomic mass is 16.5. The summed E-state index contributed by atoms with van der Waals surface area (Å²) < 4.78 is 5.90. The Kier molecular flexibility index (Phi) is 2.29. The number of ether oxygens (including phenoxy) is 1. The molecule has 0 unspecified atom stereocenters. The maximum absolute atomic E-state index is 12.1. The number of amides is 1. The summed E-state index contributed by atoms with van der Waals surface area (Å²) in [6.45, 7) is 0. The van der Waals surface area contributed by atoms with E-state index in [1.165, 1.54) is 0 Å².